The summed E-state index contributed by atoms with van der Waals surface area (Å²) in [6.07, 6.45) is 1.94. The number of rotatable bonds is 8. The number of carbonyl (C=O) groups is 1. The zero-order valence-electron chi connectivity index (χ0n) is 19.6. The van der Waals surface area contributed by atoms with Crippen molar-refractivity contribution in [3.8, 4) is 0 Å². The molecule has 0 unspecified atom stereocenters. The lowest BCUT2D eigenvalue weighted by atomic mass is 10.1. The molecule has 0 bridgehead atoms. The van der Waals surface area contributed by atoms with E-state index in [9.17, 15) is 4.79 Å². The molecule has 2 aromatic rings. The van der Waals surface area contributed by atoms with Crippen LogP contribution in [-0.4, -0.2) is 72.3 Å². The van der Waals surface area contributed by atoms with Gasteiger partial charge in [0.15, 0.2) is 0 Å². The summed E-state index contributed by atoms with van der Waals surface area (Å²) >= 11 is 3.55. The van der Waals surface area contributed by atoms with Crippen LogP contribution >= 0.6 is 15.9 Å². The molecule has 6 heteroatoms. The zero-order chi connectivity index (χ0) is 22.9. The maximum absolute atomic E-state index is 13.0. The molecule has 0 aromatic heterocycles. The predicted octanol–water partition coefficient (Wildman–Crippen LogP) is 5.43. The molecular weight excluding hydrogens is 464 g/mol. The minimum atomic E-state index is 0.113. The molecule has 1 aliphatic rings. The third-order valence-corrected chi connectivity index (χ3v) is 6.32. The van der Waals surface area contributed by atoms with E-state index in [4.69, 9.17) is 4.99 Å². The van der Waals surface area contributed by atoms with E-state index < -0.39 is 0 Å². The van der Waals surface area contributed by atoms with Gasteiger partial charge in [-0.15, -0.1) is 0 Å². The van der Waals surface area contributed by atoms with E-state index in [1.54, 1.807) is 0 Å². The van der Waals surface area contributed by atoms with E-state index in [1.165, 1.54) is 0 Å². The fraction of sp³-hybridized carbons (Fsp3) is 0.462. The van der Waals surface area contributed by atoms with E-state index in [0.29, 0.717) is 0 Å². The summed E-state index contributed by atoms with van der Waals surface area (Å²) in [4.78, 5) is 24.8. The van der Waals surface area contributed by atoms with Crippen molar-refractivity contribution in [3.63, 3.8) is 0 Å². The molecule has 1 aliphatic heterocycles. The Morgan fingerprint density at radius 3 is 2.12 bits per heavy atom. The first-order chi connectivity index (χ1) is 15.5. The summed E-state index contributed by atoms with van der Waals surface area (Å²) < 4.78 is 1.02. The molecule has 172 valence electrons. The molecule has 0 N–H and O–H groups in total. The molecule has 0 aliphatic carbocycles. The Balaban J connectivity index is 1.88. The molecule has 1 heterocycles. The van der Waals surface area contributed by atoms with E-state index in [2.05, 4.69) is 46.5 Å². The first-order valence-corrected chi connectivity index (χ1v) is 12.6. The number of amidine groups is 1. The minimum Gasteiger partial charge on any atom is -0.354 e. The standard InChI is InChI=1S/C26H35BrN4O/c1-4-14-31(15-5-2)26(32)22-12-10-21(11-13-22)25(28-24-9-7-8-23(27)20-24)30-18-16-29(6-3)17-19-30/h7-13,20H,4-6,14-19H2,1-3H3. The summed E-state index contributed by atoms with van der Waals surface area (Å²) in [5.41, 5.74) is 2.71. The van der Waals surface area contributed by atoms with Crippen molar-refractivity contribution in [2.45, 2.75) is 33.6 Å². The second-order valence-electron chi connectivity index (χ2n) is 8.21. The highest BCUT2D eigenvalue weighted by molar-refractivity contribution is 9.10. The summed E-state index contributed by atoms with van der Waals surface area (Å²) in [6.45, 7) is 13.1. The lowest BCUT2D eigenvalue weighted by Gasteiger charge is -2.36. The number of hydrogen-bond donors (Lipinski definition) is 0. The molecular formula is C26H35BrN4O. The maximum Gasteiger partial charge on any atom is 0.253 e. The van der Waals surface area contributed by atoms with E-state index in [-0.39, 0.29) is 5.91 Å². The molecule has 32 heavy (non-hydrogen) atoms. The fourth-order valence-electron chi connectivity index (χ4n) is 4.06. The predicted molar refractivity (Wildman–Crippen MR) is 137 cm³/mol. The van der Waals surface area contributed by atoms with Gasteiger partial charge in [-0.25, -0.2) is 4.99 Å². The maximum atomic E-state index is 13.0. The normalized spacial score (nSPS) is 15.1. The Labute approximate surface area is 201 Å². The van der Waals surface area contributed by atoms with Crippen LogP contribution in [0.25, 0.3) is 0 Å². The van der Waals surface area contributed by atoms with E-state index >= 15 is 0 Å². The number of amides is 1. The van der Waals surface area contributed by atoms with Crippen LogP contribution in [0.1, 0.15) is 49.5 Å². The quantitative estimate of drug-likeness (QED) is 0.359. The molecule has 0 atom stereocenters. The van der Waals surface area contributed by atoms with Gasteiger partial charge in [-0.3, -0.25) is 4.79 Å². The zero-order valence-corrected chi connectivity index (χ0v) is 21.1. The highest BCUT2D eigenvalue weighted by Gasteiger charge is 2.21. The van der Waals surface area contributed by atoms with Crippen LogP contribution in [-0.2, 0) is 0 Å². The van der Waals surface area contributed by atoms with Gasteiger partial charge in [0.25, 0.3) is 5.91 Å². The van der Waals surface area contributed by atoms with E-state index in [0.717, 1.165) is 85.8 Å². The first kappa shape index (κ1) is 24.5. The van der Waals surface area contributed by atoms with Gasteiger partial charge < -0.3 is 14.7 Å². The molecule has 0 radical (unpaired) electrons. The van der Waals surface area contributed by atoms with Gasteiger partial charge in [-0.2, -0.15) is 0 Å². The summed E-state index contributed by atoms with van der Waals surface area (Å²) in [5, 5.41) is 0. The summed E-state index contributed by atoms with van der Waals surface area (Å²) in [6, 6.07) is 16.1. The molecule has 5 nitrogen and oxygen atoms in total. The molecule has 1 fully saturated rings. The van der Waals surface area contributed by atoms with Gasteiger partial charge in [0.2, 0.25) is 0 Å². The van der Waals surface area contributed by atoms with Gasteiger partial charge in [0.05, 0.1) is 5.69 Å². The van der Waals surface area contributed by atoms with Gasteiger partial charge in [0.1, 0.15) is 5.84 Å². The topological polar surface area (TPSA) is 39.2 Å². The van der Waals surface area contributed by atoms with Crippen LogP contribution in [0.15, 0.2) is 58.0 Å². The smallest absolute Gasteiger partial charge is 0.253 e. The number of halogens is 1. The number of benzene rings is 2. The third-order valence-electron chi connectivity index (χ3n) is 5.83. The average molecular weight is 499 g/mol. The molecule has 0 saturated carbocycles. The number of piperazine rings is 1. The van der Waals surface area contributed by atoms with Crippen molar-refractivity contribution in [2.75, 3.05) is 45.8 Å². The Morgan fingerprint density at radius 1 is 0.938 bits per heavy atom. The van der Waals surface area contributed by atoms with Gasteiger partial charge in [0, 0.05) is 54.9 Å². The molecule has 3 rings (SSSR count). The SMILES string of the molecule is CCCN(CCC)C(=O)c1ccc(C(=Nc2cccc(Br)c2)N2CCN(CC)CC2)cc1. The van der Waals surface area contributed by atoms with Crippen LogP contribution in [0.2, 0.25) is 0 Å². The van der Waals surface area contributed by atoms with Crippen molar-refractivity contribution < 1.29 is 4.79 Å². The van der Waals surface area contributed by atoms with Crippen molar-refractivity contribution in [1.29, 1.82) is 0 Å². The number of aliphatic imine (C=N–C) groups is 1. The first-order valence-electron chi connectivity index (χ1n) is 11.8. The summed E-state index contributed by atoms with van der Waals surface area (Å²) in [5.74, 6) is 1.08. The Morgan fingerprint density at radius 2 is 1.56 bits per heavy atom. The monoisotopic (exact) mass is 498 g/mol. The Hall–Kier alpha value is -2.18. The fourth-order valence-corrected chi connectivity index (χ4v) is 4.45. The van der Waals surface area contributed by atoms with Crippen LogP contribution in [0.5, 0.6) is 0 Å². The molecule has 0 spiro atoms. The summed E-state index contributed by atoms with van der Waals surface area (Å²) in [7, 11) is 0. The van der Waals surface area contributed by atoms with E-state index in [1.807, 2.05) is 53.4 Å². The Bertz CT molecular complexity index is 898. The molecule has 1 amide bonds. The Kier molecular flexibility index (Phi) is 9.30. The third kappa shape index (κ3) is 6.42. The highest BCUT2D eigenvalue weighted by atomic mass is 79.9. The largest absolute Gasteiger partial charge is 0.354 e. The van der Waals surface area contributed by atoms with Gasteiger partial charge >= 0.3 is 0 Å². The van der Waals surface area contributed by atoms with Crippen molar-refractivity contribution in [1.82, 2.24) is 14.7 Å². The van der Waals surface area contributed by atoms with Gasteiger partial charge in [-0.05, 0) is 49.7 Å². The second-order valence-corrected chi connectivity index (χ2v) is 9.12. The van der Waals surface area contributed by atoms with Gasteiger partial charge in [-0.1, -0.05) is 54.9 Å². The van der Waals surface area contributed by atoms with Crippen LogP contribution < -0.4 is 0 Å². The lowest BCUT2D eigenvalue weighted by Crippen LogP contribution is -2.48. The van der Waals surface area contributed by atoms with Crippen molar-refractivity contribution in [3.05, 3.63) is 64.1 Å². The van der Waals surface area contributed by atoms with Crippen LogP contribution in [0.3, 0.4) is 0 Å². The lowest BCUT2D eigenvalue weighted by molar-refractivity contribution is 0.0755. The number of hydrogen-bond acceptors (Lipinski definition) is 3. The highest BCUT2D eigenvalue weighted by Crippen LogP contribution is 2.22. The average Bonchev–Trinajstić information content (AvgIpc) is 2.82. The number of nitrogens with zero attached hydrogens (tertiary/aromatic N) is 4. The number of carbonyl (C=O) groups excluding carboxylic acids is 1. The number of likely N-dealkylation sites (N-methyl/N-ethyl adjacent to an activating group) is 1. The van der Waals surface area contributed by atoms with Crippen molar-refractivity contribution in [2.24, 2.45) is 4.99 Å². The van der Waals surface area contributed by atoms with Crippen LogP contribution in [0, 0.1) is 0 Å². The van der Waals surface area contributed by atoms with Crippen LogP contribution in [0.4, 0.5) is 5.69 Å². The molecule has 1 saturated heterocycles. The van der Waals surface area contributed by atoms with Crippen molar-refractivity contribution >= 4 is 33.4 Å². The minimum absolute atomic E-state index is 0.113. The second kappa shape index (κ2) is 12.2. The molecule has 2 aromatic carbocycles.